The van der Waals surface area contributed by atoms with Crippen molar-refractivity contribution in [3.05, 3.63) is 22.6 Å². The Morgan fingerprint density at radius 1 is 1.54 bits per heavy atom. The molecule has 1 aliphatic carbocycles. The number of Topliss-reactive ketones (excluding diaryl/α,β-unsaturated/α-hetero) is 1. The number of fused-ring (bicyclic) bond motifs is 1. The van der Waals surface area contributed by atoms with Crippen molar-refractivity contribution in [1.82, 2.24) is 5.32 Å². The van der Waals surface area contributed by atoms with E-state index >= 15 is 0 Å². The number of hydrogen-bond donors (Lipinski definition) is 2. The molecule has 1 heterocycles. The van der Waals surface area contributed by atoms with Crippen molar-refractivity contribution >= 4 is 5.78 Å². The van der Waals surface area contributed by atoms with Gasteiger partial charge in [0.05, 0.1) is 5.70 Å². The molecule has 1 aliphatic heterocycles. The van der Waals surface area contributed by atoms with Crippen LogP contribution in [-0.4, -0.2) is 17.4 Å². The first-order valence-electron chi connectivity index (χ1n) is 4.59. The molecule has 2 rings (SSSR count). The van der Waals surface area contributed by atoms with E-state index in [1.165, 1.54) is 0 Å². The van der Waals surface area contributed by atoms with Gasteiger partial charge in [-0.05, 0) is 25.3 Å². The van der Waals surface area contributed by atoms with Crippen LogP contribution < -0.4 is 5.32 Å². The highest BCUT2D eigenvalue weighted by molar-refractivity contribution is 5.96. The number of ketones is 1. The van der Waals surface area contributed by atoms with Gasteiger partial charge in [-0.1, -0.05) is 0 Å². The van der Waals surface area contributed by atoms with E-state index in [-0.39, 0.29) is 5.78 Å². The summed E-state index contributed by atoms with van der Waals surface area (Å²) in [5.41, 5.74) is 2.65. The molecule has 1 saturated heterocycles. The van der Waals surface area contributed by atoms with Gasteiger partial charge in [0.2, 0.25) is 0 Å². The standard InChI is InChI=1S/C10H13NO2/c1-6(12)8-5-9(13)10-7(8)3-2-4-11-10/h11,13H,2-5H2,1H3. The van der Waals surface area contributed by atoms with Crippen molar-refractivity contribution in [2.45, 2.75) is 26.2 Å². The number of rotatable bonds is 1. The van der Waals surface area contributed by atoms with Crippen LogP contribution >= 0.6 is 0 Å². The Kier molecular flexibility index (Phi) is 1.87. The minimum absolute atomic E-state index is 0.0836. The summed E-state index contributed by atoms with van der Waals surface area (Å²) < 4.78 is 0. The number of piperidine rings is 1. The van der Waals surface area contributed by atoms with E-state index < -0.39 is 0 Å². The summed E-state index contributed by atoms with van der Waals surface area (Å²) >= 11 is 0. The van der Waals surface area contributed by atoms with Crippen LogP contribution in [0, 0.1) is 0 Å². The molecule has 0 aromatic heterocycles. The average molecular weight is 179 g/mol. The van der Waals surface area contributed by atoms with Crippen LogP contribution in [-0.2, 0) is 4.79 Å². The summed E-state index contributed by atoms with van der Waals surface area (Å²) in [5.74, 6) is 0.417. The lowest BCUT2D eigenvalue weighted by Crippen LogP contribution is -2.22. The summed E-state index contributed by atoms with van der Waals surface area (Å²) in [6.07, 6.45) is 2.39. The number of aliphatic hydroxyl groups is 1. The Morgan fingerprint density at radius 2 is 2.31 bits per heavy atom. The van der Waals surface area contributed by atoms with Crippen molar-refractivity contribution in [2.75, 3.05) is 6.54 Å². The summed E-state index contributed by atoms with van der Waals surface area (Å²) in [7, 11) is 0. The maximum atomic E-state index is 11.2. The Morgan fingerprint density at radius 3 is 3.00 bits per heavy atom. The molecule has 1 fully saturated rings. The van der Waals surface area contributed by atoms with Crippen LogP contribution in [0.2, 0.25) is 0 Å². The van der Waals surface area contributed by atoms with Gasteiger partial charge in [-0.15, -0.1) is 0 Å². The van der Waals surface area contributed by atoms with E-state index in [1.54, 1.807) is 6.92 Å². The predicted octanol–water partition coefficient (Wildman–Crippen LogP) is 1.43. The van der Waals surface area contributed by atoms with Crippen LogP contribution in [0.5, 0.6) is 0 Å². The van der Waals surface area contributed by atoms with Crippen molar-refractivity contribution in [1.29, 1.82) is 0 Å². The lowest BCUT2D eigenvalue weighted by atomic mass is 9.99. The fraction of sp³-hybridized carbons (Fsp3) is 0.500. The fourth-order valence-electron chi connectivity index (χ4n) is 1.99. The van der Waals surface area contributed by atoms with Crippen molar-refractivity contribution in [3.63, 3.8) is 0 Å². The number of carbonyl (C=O) groups is 1. The van der Waals surface area contributed by atoms with Crippen LogP contribution in [0.25, 0.3) is 0 Å². The van der Waals surface area contributed by atoms with Crippen LogP contribution in [0.4, 0.5) is 0 Å². The molecular formula is C10H13NO2. The third-order valence-corrected chi connectivity index (χ3v) is 2.63. The zero-order valence-corrected chi connectivity index (χ0v) is 7.68. The number of allylic oxidation sites excluding steroid dienone is 2. The fourth-order valence-corrected chi connectivity index (χ4v) is 1.99. The summed E-state index contributed by atoms with van der Waals surface area (Å²) in [5, 5.41) is 12.7. The Hall–Kier alpha value is -1.25. The SMILES string of the molecule is CC(=O)C1=C2CCCNC2=C(O)C1. The molecule has 2 aliphatic rings. The van der Waals surface area contributed by atoms with Gasteiger partial charge in [0.1, 0.15) is 5.76 Å². The smallest absolute Gasteiger partial charge is 0.156 e. The molecule has 0 spiro atoms. The maximum Gasteiger partial charge on any atom is 0.156 e. The normalized spacial score (nSPS) is 21.6. The second-order valence-electron chi connectivity index (χ2n) is 3.54. The van der Waals surface area contributed by atoms with E-state index in [1.807, 2.05) is 0 Å². The quantitative estimate of drug-likeness (QED) is 0.640. The Balaban J connectivity index is 2.38. The molecule has 70 valence electrons. The van der Waals surface area contributed by atoms with Crippen molar-refractivity contribution in [3.8, 4) is 0 Å². The minimum Gasteiger partial charge on any atom is -0.510 e. The Bertz CT molecular complexity index is 326. The second-order valence-corrected chi connectivity index (χ2v) is 3.54. The van der Waals surface area contributed by atoms with Gasteiger partial charge in [0, 0.05) is 18.5 Å². The first-order valence-corrected chi connectivity index (χ1v) is 4.59. The first-order chi connectivity index (χ1) is 6.20. The van der Waals surface area contributed by atoms with E-state index in [0.29, 0.717) is 12.2 Å². The van der Waals surface area contributed by atoms with Crippen LogP contribution in [0.15, 0.2) is 22.6 Å². The monoisotopic (exact) mass is 179 g/mol. The van der Waals surface area contributed by atoms with Gasteiger partial charge in [0.15, 0.2) is 5.78 Å². The molecule has 0 aromatic rings. The average Bonchev–Trinajstić information content (AvgIpc) is 2.45. The Labute approximate surface area is 77.1 Å². The number of nitrogens with one attached hydrogen (secondary N) is 1. The number of hydrogen-bond acceptors (Lipinski definition) is 3. The summed E-state index contributed by atoms with van der Waals surface area (Å²) in [4.78, 5) is 11.2. The molecule has 0 radical (unpaired) electrons. The predicted molar refractivity (Wildman–Crippen MR) is 49.2 cm³/mol. The van der Waals surface area contributed by atoms with Gasteiger partial charge >= 0.3 is 0 Å². The molecular weight excluding hydrogens is 166 g/mol. The van der Waals surface area contributed by atoms with Gasteiger partial charge in [-0.3, -0.25) is 4.79 Å². The summed E-state index contributed by atoms with van der Waals surface area (Å²) in [6, 6.07) is 0. The molecule has 3 nitrogen and oxygen atoms in total. The van der Waals surface area contributed by atoms with Crippen LogP contribution in [0.1, 0.15) is 26.2 Å². The molecule has 0 amide bonds. The van der Waals surface area contributed by atoms with Gasteiger partial charge < -0.3 is 10.4 Å². The molecule has 3 heteroatoms. The van der Waals surface area contributed by atoms with Crippen LogP contribution in [0.3, 0.4) is 0 Å². The highest BCUT2D eigenvalue weighted by Crippen LogP contribution is 2.34. The zero-order chi connectivity index (χ0) is 9.42. The molecule has 2 N–H and O–H groups in total. The first kappa shape index (κ1) is 8.35. The van der Waals surface area contributed by atoms with Crippen molar-refractivity contribution < 1.29 is 9.90 Å². The highest BCUT2D eigenvalue weighted by atomic mass is 16.3. The third kappa shape index (κ3) is 1.24. The molecule has 0 aromatic carbocycles. The molecule has 0 atom stereocenters. The second kappa shape index (κ2) is 2.91. The third-order valence-electron chi connectivity index (χ3n) is 2.63. The highest BCUT2D eigenvalue weighted by Gasteiger charge is 2.28. The maximum absolute atomic E-state index is 11.2. The topological polar surface area (TPSA) is 49.3 Å². The minimum atomic E-state index is 0.0836. The van der Waals surface area contributed by atoms with E-state index in [2.05, 4.69) is 5.32 Å². The molecule has 0 saturated carbocycles. The largest absolute Gasteiger partial charge is 0.510 e. The van der Waals surface area contributed by atoms with Gasteiger partial charge in [-0.25, -0.2) is 0 Å². The molecule has 0 bridgehead atoms. The number of carbonyl (C=O) groups excluding carboxylic acids is 1. The van der Waals surface area contributed by atoms with E-state index in [4.69, 9.17) is 0 Å². The zero-order valence-electron chi connectivity index (χ0n) is 7.68. The van der Waals surface area contributed by atoms with Crippen molar-refractivity contribution in [2.24, 2.45) is 0 Å². The molecule has 0 unspecified atom stereocenters. The lowest BCUT2D eigenvalue weighted by molar-refractivity contribution is -0.113. The van der Waals surface area contributed by atoms with Gasteiger partial charge in [-0.2, -0.15) is 0 Å². The lowest BCUT2D eigenvalue weighted by Gasteiger charge is -2.18. The van der Waals surface area contributed by atoms with Gasteiger partial charge in [0.25, 0.3) is 0 Å². The van der Waals surface area contributed by atoms with E-state index in [9.17, 15) is 9.90 Å². The number of aliphatic hydroxyl groups excluding tert-OH is 1. The summed E-state index contributed by atoms with van der Waals surface area (Å²) in [6.45, 7) is 2.46. The molecule has 13 heavy (non-hydrogen) atoms. The van der Waals surface area contributed by atoms with E-state index in [0.717, 1.165) is 36.2 Å².